The molecule has 1 N–H and O–H groups in total. The molecule has 1 aromatic rings. The molecule has 90 valence electrons. The molecule has 0 bridgehead atoms. The number of hydrogen-bond donors (Lipinski definition) is 1. The van der Waals surface area contributed by atoms with Gasteiger partial charge in [-0.25, -0.2) is 5.10 Å². The van der Waals surface area contributed by atoms with Gasteiger partial charge in [-0.1, -0.05) is 0 Å². The zero-order valence-electron chi connectivity index (χ0n) is 9.77. The summed E-state index contributed by atoms with van der Waals surface area (Å²) < 4.78 is 7.90. The molecule has 0 radical (unpaired) electrons. The molecule has 0 unspecified atom stereocenters. The van der Waals surface area contributed by atoms with E-state index in [1.807, 2.05) is 7.05 Å². The largest absolute Gasteiger partial charge is 0.385 e. The van der Waals surface area contributed by atoms with Crippen LogP contribution in [0.3, 0.4) is 0 Å². The molecule has 1 aliphatic rings. The van der Waals surface area contributed by atoms with Gasteiger partial charge in [-0.15, -0.1) is 5.10 Å². The summed E-state index contributed by atoms with van der Waals surface area (Å²) in [7, 11) is 3.76. The molecule has 2 rings (SSSR count). The van der Waals surface area contributed by atoms with Crippen LogP contribution in [0.5, 0.6) is 0 Å². The normalized spacial score (nSPS) is 15.4. The lowest BCUT2D eigenvalue weighted by atomic mass is 10.4. The summed E-state index contributed by atoms with van der Waals surface area (Å²) in [6.07, 6.45) is 3.43. The standard InChI is InChI=1S/C10H18N4OS/c1-13(6-3-7-15-2)9-11-12-10(16)14(9)8-4-5-8/h8H,3-7H2,1-2H3,(H,12,16). The van der Waals surface area contributed by atoms with E-state index < -0.39 is 0 Å². The number of anilines is 1. The topological polar surface area (TPSA) is 46.1 Å². The van der Waals surface area contributed by atoms with Crippen molar-refractivity contribution in [1.82, 2.24) is 14.8 Å². The van der Waals surface area contributed by atoms with Gasteiger partial charge in [0.25, 0.3) is 0 Å². The van der Waals surface area contributed by atoms with Gasteiger partial charge < -0.3 is 9.64 Å². The van der Waals surface area contributed by atoms with Crippen LogP contribution in [0.1, 0.15) is 25.3 Å². The summed E-state index contributed by atoms with van der Waals surface area (Å²) >= 11 is 5.24. The van der Waals surface area contributed by atoms with E-state index >= 15 is 0 Å². The Bertz CT molecular complexity index is 396. The van der Waals surface area contributed by atoms with Crippen LogP contribution in [0.15, 0.2) is 0 Å². The Morgan fingerprint density at radius 2 is 2.38 bits per heavy atom. The van der Waals surface area contributed by atoms with E-state index in [2.05, 4.69) is 19.7 Å². The minimum atomic E-state index is 0.561. The lowest BCUT2D eigenvalue weighted by molar-refractivity contribution is 0.196. The van der Waals surface area contributed by atoms with Crippen molar-refractivity contribution in [3.63, 3.8) is 0 Å². The lowest BCUT2D eigenvalue weighted by Crippen LogP contribution is -2.23. The van der Waals surface area contributed by atoms with Crippen LogP contribution >= 0.6 is 12.2 Å². The molecule has 1 aromatic heterocycles. The Labute approximate surface area is 100 Å². The number of hydrogen-bond acceptors (Lipinski definition) is 4. The molecule has 0 saturated heterocycles. The van der Waals surface area contributed by atoms with E-state index in [0.717, 1.165) is 30.3 Å². The van der Waals surface area contributed by atoms with Crippen molar-refractivity contribution in [2.45, 2.75) is 25.3 Å². The molecule has 1 saturated carbocycles. The van der Waals surface area contributed by atoms with Gasteiger partial charge in [0.2, 0.25) is 5.95 Å². The molecule has 1 heterocycles. The van der Waals surface area contributed by atoms with Crippen molar-refractivity contribution in [2.24, 2.45) is 0 Å². The van der Waals surface area contributed by atoms with Crippen LogP contribution < -0.4 is 4.90 Å². The maximum absolute atomic E-state index is 5.24. The van der Waals surface area contributed by atoms with Crippen LogP contribution in [-0.2, 0) is 4.74 Å². The van der Waals surface area contributed by atoms with E-state index in [9.17, 15) is 0 Å². The predicted octanol–water partition coefficient (Wildman–Crippen LogP) is 1.75. The number of aromatic amines is 1. The van der Waals surface area contributed by atoms with Crippen LogP contribution in [0.2, 0.25) is 0 Å². The summed E-state index contributed by atoms with van der Waals surface area (Å²) in [6, 6.07) is 0.561. The first kappa shape index (κ1) is 11.6. The molecule has 0 amide bonds. The third-order valence-electron chi connectivity index (χ3n) is 2.78. The molecule has 0 atom stereocenters. The first-order valence-electron chi connectivity index (χ1n) is 5.61. The first-order chi connectivity index (χ1) is 7.74. The van der Waals surface area contributed by atoms with Gasteiger partial charge in [0.1, 0.15) is 0 Å². The summed E-state index contributed by atoms with van der Waals surface area (Å²) in [5.74, 6) is 0.948. The number of rotatable bonds is 6. The van der Waals surface area contributed by atoms with E-state index in [-0.39, 0.29) is 0 Å². The molecule has 1 aliphatic carbocycles. The monoisotopic (exact) mass is 242 g/mol. The van der Waals surface area contributed by atoms with Gasteiger partial charge in [-0.05, 0) is 31.5 Å². The minimum absolute atomic E-state index is 0.561. The fourth-order valence-electron chi connectivity index (χ4n) is 1.77. The molecule has 1 fully saturated rings. The SMILES string of the molecule is COCCCN(C)c1n[nH]c(=S)n1C1CC1. The highest BCUT2D eigenvalue weighted by Crippen LogP contribution is 2.37. The van der Waals surface area contributed by atoms with E-state index in [4.69, 9.17) is 17.0 Å². The second kappa shape index (κ2) is 4.97. The maximum Gasteiger partial charge on any atom is 0.225 e. The average Bonchev–Trinajstić information content (AvgIpc) is 3.02. The highest BCUT2D eigenvalue weighted by atomic mass is 32.1. The van der Waals surface area contributed by atoms with E-state index in [1.165, 1.54) is 12.8 Å². The van der Waals surface area contributed by atoms with Crippen molar-refractivity contribution >= 4 is 18.2 Å². The van der Waals surface area contributed by atoms with Crippen LogP contribution in [0, 0.1) is 4.77 Å². The van der Waals surface area contributed by atoms with E-state index in [1.54, 1.807) is 7.11 Å². The lowest BCUT2D eigenvalue weighted by Gasteiger charge is -2.18. The van der Waals surface area contributed by atoms with Crippen molar-refractivity contribution in [3.05, 3.63) is 4.77 Å². The Morgan fingerprint density at radius 1 is 1.62 bits per heavy atom. The Balaban J connectivity index is 2.04. The highest BCUT2D eigenvalue weighted by Gasteiger charge is 2.28. The van der Waals surface area contributed by atoms with Crippen molar-refractivity contribution in [2.75, 3.05) is 32.2 Å². The summed E-state index contributed by atoms with van der Waals surface area (Å²) in [5, 5.41) is 7.16. The number of nitrogens with one attached hydrogen (secondary N) is 1. The number of aromatic nitrogens is 3. The second-order valence-electron chi connectivity index (χ2n) is 4.20. The van der Waals surface area contributed by atoms with Crippen molar-refractivity contribution < 1.29 is 4.74 Å². The zero-order chi connectivity index (χ0) is 11.5. The molecule has 16 heavy (non-hydrogen) atoms. The third-order valence-corrected chi connectivity index (χ3v) is 3.07. The number of nitrogens with zero attached hydrogens (tertiary/aromatic N) is 3. The molecule has 6 heteroatoms. The number of methoxy groups -OCH3 is 1. The minimum Gasteiger partial charge on any atom is -0.385 e. The Kier molecular flexibility index (Phi) is 3.60. The van der Waals surface area contributed by atoms with Gasteiger partial charge in [0.05, 0.1) is 0 Å². The van der Waals surface area contributed by atoms with Gasteiger partial charge in [-0.2, -0.15) is 0 Å². The Hall–Kier alpha value is -0.880. The van der Waals surface area contributed by atoms with Gasteiger partial charge in [0.15, 0.2) is 4.77 Å². The zero-order valence-corrected chi connectivity index (χ0v) is 10.6. The van der Waals surface area contributed by atoms with Crippen LogP contribution in [0.4, 0.5) is 5.95 Å². The summed E-state index contributed by atoms with van der Waals surface area (Å²) in [4.78, 5) is 2.13. The number of H-pyrrole nitrogens is 1. The molecule has 0 spiro atoms. The second-order valence-corrected chi connectivity index (χ2v) is 4.58. The van der Waals surface area contributed by atoms with Gasteiger partial charge >= 0.3 is 0 Å². The fourth-order valence-corrected chi connectivity index (χ4v) is 2.05. The number of ether oxygens (including phenoxy) is 1. The quantitative estimate of drug-likeness (QED) is 0.610. The van der Waals surface area contributed by atoms with Gasteiger partial charge in [-0.3, -0.25) is 4.57 Å². The fraction of sp³-hybridized carbons (Fsp3) is 0.800. The van der Waals surface area contributed by atoms with Gasteiger partial charge in [0, 0.05) is 33.4 Å². The maximum atomic E-state index is 5.24. The molecule has 5 nitrogen and oxygen atoms in total. The van der Waals surface area contributed by atoms with E-state index in [0.29, 0.717) is 6.04 Å². The predicted molar refractivity (Wildman–Crippen MR) is 65.4 cm³/mol. The molecular formula is C10H18N4OS. The van der Waals surface area contributed by atoms with Crippen LogP contribution in [-0.4, -0.2) is 42.1 Å². The first-order valence-corrected chi connectivity index (χ1v) is 6.02. The summed E-state index contributed by atoms with van der Waals surface area (Å²) in [5.41, 5.74) is 0. The van der Waals surface area contributed by atoms with Crippen LogP contribution in [0.25, 0.3) is 0 Å². The molecule has 0 aromatic carbocycles. The average molecular weight is 242 g/mol. The molecule has 0 aliphatic heterocycles. The highest BCUT2D eigenvalue weighted by molar-refractivity contribution is 7.71. The summed E-state index contributed by atoms with van der Waals surface area (Å²) in [6.45, 7) is 1.71. The van der Waals surface area contributed by atoms with Crippen molar-refractivity contribution in [1.29, 1.82) is 0 Å². The smallest absolute Gasteiger partial charge is 0.225 e. The molecular weight excluding hydrogens is 224 g/mol. The third kappa shape index (κ3) is 2.44. The Morgan fingerprint density at radius 3 is 3.00 bits per heavy atom. The van der Waals surface area contributed by atoms with Crippen molar-refractivity contribution in [3.8, 4) is 0 Å².